The maximum atomic E-state index is 11.4. The minimum Gasteiger partial charge on any atom is -0.355 e. The van der Waals surface area contributed by atoms with Crippen molar-refractivity contribution in [1.82, 2.24) is 20.4 Å². The molecule has 1 aromatic rings. The number of aryl methyl sites for hydroxylation is 2. The Labute approximate surface area is 149 Å². The molecule has 2 N–H and O–H groups in total. The zero-order valence-electron chi connectivity index (χ0n) is 13.8. The van der Waals surface area contributed by atoms with Gasteiger partial charge in [-0.1, -0.05) is 6.92 Å². The van der Waals surface area contributed by atoms with E-state index in [4.69, 9.17) is 0 Å². The molecule has 1 rings (SSSR count). The second-order valence-corrected chi connectivity index (χ2v) is 7.33. The Morgan fingerprint density at radius 2 is 1.95 bits per heavy atom. The summed E-state index contributed by atoms with van der Waals surface area (Å²) in [6.07, 6.45) is 0. The minimum atomic E-state index is -2.96. The standard InChI is InChI=1S/C13H25N5O2S.HI/c1-6-21(19,20)8-7-15-13(14-4)16-9-12-10(2)17-18(5)11(12)3;/h6-9H2,1-5H3,(H2,14,15,16);1H. The molecular formula is C13H26IN5O2S. The van der Waals surface area contributed by atoms with Crippen molar-refractivity contribution in [3.05, 3.63) is 17.0 Å². The number of hydrogen-bond donors (Lipinski definition) is 2. The number of nitrogens with zero attached hydrogens (tertiary/aromatic N) is 3. The lowest BCUT2D eigenvalue weighted by Crippen LogP contribution is -2.39. The average molecular weight is 443 g/mol. The predicted molar refractivity (Wildman–Crippen MR) is 101 cm³/mol. The van der Waals surface area contributed by atoms with E-state index < -0.39 is 9.84 Å². The molecular weight excluding hydrogens is 417 g/mol. The molecule has 0 saturated carbocycles. The number of halogens is 1. The Bertz CT molecular complexity index is 610. The lowest BCUT2D eigenvalue weighted by atomic mass is 10.2. The zero-order valence-corrected chi connectivity index (χ0v) is 16.9. The van der Waals surface area contributed by atoms with Crippen LogP contribution in [0, 0.1) is 13.8 Å². The van der Waals surface area contributed by atoms with Crippen molar-refractivity contribution in [1.29, 1.82) is 0 Å². The van der Waals surface area contributed by atoms with E-state index in [9.17, 15) is 8.42 Å². The Hall–Kier alpha value is -0.840. The normalized spacial score (nSPS) is 12.0. The van der Waals surface area contributed by atoms with Crippen LogP contribution in [-0.2, 0) is 23.4 Å². The molecule has 1 aromatic heterocycles. The van der Waals surface area contributed by atoms with Crippen LogP contribution in [0.15, 0.2) is 4.99 Å². The largest absolute Gasteiger partial charge is 0.355 e. The van der Waals surface area contributed by atoms with Crippen LogP contribution in [0.1, 0.15) is 23.9 Å². The van der Waals surface area contributed by atoms with Crippen LogP contribution in [-0.4, -0.2) is 49.3 Å². The second kappa shape index (κ2) is 9.33. The first-order valence-electron chi connectivity index (χ1n) is 6.94. The number of nitrogens with one attached hydrogen (secondary N) is 2. The van der Waals surface area contributed by atoms with Crippen LogP contribution in [0.3, 0.4) is 0 Å². The lowest BCUT2D eigenvalue weighted by Gasteiger charge is -2.12. The number of guanidine groups is 1. The first-order valence-corrected chi connectivity index (χ1v) is 8.77. The fourth-order valence-electron chi connectivity index (χ4n) is 1.94. The molecule has 0 fully saturated rings. The molecule has 9 heteroatoms. The number of aliphatic imine (C=N–C) groups is 1. The van der Waals surface area contributed by atoms with Gasteiger partial charge in [0.1, 0.15) is 0 Å². The van der Waals surface area contributed by atoms with Crippen molar-refractivity contribution < 1.29 is 8.42 Å². The summed E-state index contributed by atoms with van der Waals surface area (Å²) < 4.78 is 24.7. The number of aromatic nitrogens is 2. The first-order chi connectivity index (χ1) is 9.80. The van der Waals surface area contributed by atoms with Crippen molar-refractivity contribution in [2.45, 2.75) is 27.3 Å². The molecule has 0 unspecified atom stereocenters. The van der Waals surface area contributed by atoms with Crippen molar-refractivity contribution in [2.75, 3.05) is 25.1 Å². The Morgan fingerprint density at radius 3 is 2.41 bits per heavy atom. The quantitative estimate of drug-likeness (QED) is 0.385. The van der Waals surface area contributed by atoms with Gasteiger partial charge in [-0.3, -0.25) is 9.67 Å². The molecule has 0 aliphatic rings. The Kier molecular flexibility index (Phi) is 8.98. The van der Waals surface area contributed by atoms with Gasteiger partial charge < -0.3 is 10.6 Å². The lowest BCUT2D eigenvalue weighted by molar-refractivity contribution is 0.595. The van der Waals surface area contributed by atoms with Crippen LogP contribution in [0.25, 0.3) is 0 Å². The monoisotopic (exact) mass is 443 g/mol. The summed E-state index contributed by atoms with van der Waals surface area (Å²) in [5, 5.41) is 10.5. The maximum Gasteiger partial charge on any atom is 0.191 e. The second-order valence-electron chi connectivity index (χ2n) is 4.86. The van der Waals surface area contributed by atoms with E-state index >= 15 is 0 Å². The summed E-state index contributed by atoms with van der Waals surface area (Å²) >= 11 is 0. The fraction of sp³-hybridized carbons (Fsp3) is 0.692. The third-order valence-corrected chi connectivity index (χ3v) is 5.17. The predicted octanol–water partition coefficient (Wildman–Crippen LogP) is 0.755. The highest BCUT2D eigenvalue weighted by Gasteiger charge is 2.10. The van der Waals surface area contributed by atoms with Gasteiger partial charge in [0.25, 0.3) is 0 Å². The van der Waals surface area contributed by atoms with Gasteiger partial charge in [-0.2, -0.15) is 5.10 Å². The third-order valence-electron chi connectivity index (χ3n) is 3.46. The van der Waals surface area contributed by atoms with E-state index in [2.05, 4.69) is 20.7 Å². The van der Waals surface area contributed by atoms with Crippen LogP contribution in [0.5, 0.6) is 0 Å². The highest BCUT2D eigenvalue weighted by Crippen LogP contribution is 2.10. The number of sulfone groups is 1. The molecule has 0 aliphatic heterocycles. The van der Waals surface area contributed by atoms with Crippen molar-refractivity contribution in [3.63, 3.8) is 0 Å². The van der Waals surface area contributed by atoms with Crippen LogP contribution >= 0.6 is 24.0 Å². The van der Waals surface area contributed by atoms with Crippen LogP contribution < -0.4 is 10.6 Å². The van der Waals surface area contributed by atoms with Gasteiger partial charge in [-0.15, -0.1) is 24.0 Å². The number of hydrogen-bond acceptors (Lipinski definition) is 4. The van der Waals surface area contributed by atoms with Gasteiger partial charge in [0, 0.05) is 44.2 Å². The van der Waals surface area contributed by atoms with Gasteiger partial charge in [-0.25, -0.2) is 8.42 Å². The molecule has 128 valence electrons. The van der Waals surface area contributed by atoms with Gasteiger partial charge >= 0.3 is 0 Å². The van der Waals surface area contributed by atoms with E-state index in [0.717, 1.165) is 17.0 Å². The molecule has 0 atom stereocenters. The van der Waals surface area contributed by atoms with Crippen LogP contribution in [0.4, 0.5) is 0 Å². The molecule has 22 heavy (non-hydrogen) atoms. The Balaban J connectivity index is 0.00000441. The van der Waals surface area contributed by atoms with Gasteiger partial charge in [-0.05, 0) is 13.8 Å². The SMILES string of the molecule is CCS(=O)(=O)CCNC(=NC)NCc1c(C)nn(C)c1C.I. The molecule has 0 aromatic carbocycles. The minimum absolute atomic E-state index is 0. The number of rotatable bonds is 6. The summed E-state index contributed by atoms with van der Waals surface area (Å²) in [4.78, 5) is 4.09. The molecule has 0 amide bonds. The highest BCUT2D eigenvalue weighted by atomic mass is 127. The van der Waals surface area contributed by atoms with Gasteiger partial charge in [0.15, 0.2) is 15.8 Å². The summed E-state index contributed by atoms with van der Waals surface area (Å²) in [5.74, 6) is 0.855. The first kappa shape index (κ1) is 21.2. The molecule has 0 radical (unpaired) electrons. The van der Waals surface area contributed by atoms with Gasteiger partial charge in [0.2, 0.25) is 0 Å². The maximum absolute atomic E-state index is 11.4. The van der Waals surface area contributed by atoms with E-state index in [0.29, 0.717) is 19.0 Å². The Morgan fingerprint density at radius 1 is 1.32 bits per heavy atom. The smallest absolute Gasteiger partial charge is 0.191 e. The molecule has 0 spiro atoms. The van der Waals surface area contributed by atoms with Crippen molar-refractivity contribution >= 4 is 39.8 Å². The van der Waals surface area contributed by atoms with E-state index in [1.165, 1.54) is 0 Å². The summed E-state index contributed by atoms with van der Waals surface area (Å²) in [6, 6.07) is 0. The van der Waals surface area contributed by atoms with Crippen molar-refractivity contribution in [2.24, 2.45) is 12.0 Å². The average Bonchev–Trinajstić information content (AvgIpc) is 2.68. The van der Waals surface area contributed by atoms with E-state index in [1.54, 1.807) is 14.0 Å². The topological polar surface area (TPSA) is 88.4 Å². The molecule has 1 heterocycles. The highest BCUT2D eigenvalue weighted by molar-refractivity contribution is 14.0. The molecule has 0 aliphatic carbocycles. The molecule has 0 bridgehead atoms. The summed E-state index contributed by atoms with van der Waals surface area (Å²) in [5.41, 5.74) is 3.21. The third kappa shape index (κ3) is 6.11. The zero-order chi connectivity index (χ0) is 16.0. The molecule has 0 saturated heterocycles. The van der Waals surface area contributed by atoms with Crippen molar-refractivity contribution in [3.8, 4) is 0 Å². The molecule has 7 nitrogen and oxygen atoms in total. The van der Waals surface area contributed by atoms with Crippen LogP contribution in [0.2, 0.25) is 0 Å². The summed E-state index contributed by atoms with van der Waals surface area (Å²) in [6.45, 7) is 6.58. The fourth-order valence-corrected chi connectivity index (χ4v) is 2.64. The van der Waals surface area contributed by atoms with E-state index in [-0.39, 0.29) is 35.5 Å². The van der Waals surface area contributed by atoms with Gasteiger partial charge in [0.05, 0.1) is 11.4 Å². The van der Waals surface area contributed by atoms with E-state index in [1.807, 2.05) is 25.6 Å². The summed E-state index contributed by atoms with van der Waals surface area (Å²) in [7, 11) is 0.611.